The van der Waals surface area contributed by atoms with E-state index in [0.29, 0.717) is 0 Å². The highest BCUT2D eigenvalue weighted by Crippen LogP contribution is 2.18. The van der Waals surface area contributed by atoms with Crippen molar-refractivity contribution in [3.05, 3.63) is 35.4 Å². The van der Waals surface area contributed by atoms with Crippen LogP contribution in [0, 0.1) is 6.92 Å². The Morgan fingerprint density at radius 2 is 2.07 bits per heavy atom. The summed E-state index contributed by atoms with van der Waals surface area (Å²) in [7, 11) is 3.99. The molecule has 0 heterocycles. The number of aryl methyl sites for hydroxylation is 1. The second-order valence-electron chi connectivity index (χ2n) is 3.67. The van der Waals surface area contributed by atoms with E-state index in [0.717, 1.165) is 16.8 Å². The molecule has 3 heteroatoms. The van der Waals surface area contributed by atoms with E-state index in [9.17, 15) is 4.79 Å². The molecular formula is C12H16N2O. The van der Waals surface area contributed by atoms with Gasteiger partial charge in [0.05, 0.1) is 0 Å². The van der Waals surface area contributed by atoms with Crippen molar-refractivity contribution >= 4 is 17.7 Å². The van der Waals surface area contributed by atoms with E-state index in [1.54, 1.807) is 6.08 Å². The minimum Gasteiger partial charge on any atom is -0.378 e. The number of anilines is 1. The molecule has 3 nitrogen and oxygen atoms in total. The smallest absolute Gasteiger partial charge is 0.241 e. The predicted molar refractivity (Wildman–Crippen MR) is 63.7 cm³/mol. The number of hydrogen-bond donors (Lipinski definition) is 1. The fourth-order valence-corrected chi connectivity index (χ4v) is 1.30. The molecule has 2 N–H and O–H groups in total. The Balaban J connectivity index is 2.98. The van der Waals surface area contributed by atoms with Crippen LogP contribution < -0.4 is 10.6 Å². The van der Waals surface area contributed by atoms with Gasteiger partial charge >= 0.3 is 0 Å². The molecule has 0 atom stereocenters. The van der Waals surface area contributed by atoms with Crippen molar-refractivity contribution in [1.82, 2.24) is 0 Å². The molecule has 0 saturated carbocycles. The number of hydrogen-bond acceptors (Lipinski definition) is 2. The summed E-state index contributed by atoms with van der Waals surface area (Å²) in [6, 6.07) is 6.05. The summed E-state index contributed by atoms with van der Waals surface area (Å²) in [5.74, 6) is -0.425. The normalized spacial score (nSPS) is 10.6. The highest BCUT2D eigenvalue weighted by atomic mass is 16.1. The number of benzene rings is 1. The minimum atomic E-state index is -0.425. The van der Waals surface area contributed by atoms with Crippen LogP contribution >= 0.6 is 0 Å². The molecule has 0 unspecified atom stereocenters. The fraction of sp³-hybridized carbons (Fsp3) is 0.250. The molecule has 1 aromatic carbocycles. The first-order valence-electron chi connectivity index (χ1n) is 4.76. The second-order valence-corrected chi connectivity index (χ2v) is 3.67. The van der Waals surface area contributed by atoms with Gasteiger partial charge in [-0.25, -0.2) is 0 Å². The zero-order valence-corrected chi connectivity index (χ0v) is 9.32. The Labute approximate surface area is 90.2 Å². The minimum absolute atomic E-state index is 0.425. The van der Waals surface area contributed by atoms with Gasteiger partial charge in [0.1, 0.15) is 0 Å². The van der Waals surface area contributed by atoms with Gasteiger partial charge in [-0.3, -0.25) is 4.79 Å². The van der Waals surface area contributed by atoms with E-state index in [-0.39, 0.29) is 0 Å². The molecule has 0 aromatic heterocycles. The Kier molecular flexibility index (Phi) is 3.50. The summed E-state index contributed by atoms with van der Waals surface area (Å²) in [5, 5.41) is 0. The van der Waals surface area contributed by atoms with Crippen LogP contribution in [0.5, 0.6) is 0 Å². The maximum Gasteiger partial charge on any atom is 0.241 e. The van der Waals surface area contributed by atoms with Crippen LogP contribution in [0.2, 0.25) is 0 Å². The highest BCUT2D eigenvalue weighted by Gasteiger charge is 1.99. The van der Waals surface area contributed by atoms with E-state index in [2.05, 4.69) is 6.07 Å². The van der Waals surface area contributed by atoms with Gasteiger partial charge in [0.2, 0.25) is 5.91 Å². The Morgan fingerprint density at radius 3 is 2.53 bits per heavy atom. The summed E-state index contributed by atoms with van der Waals surface area (Å²) >= 11 is 0. The maximum absolute atomic E-state index is 10.6. The fourth-order valence-electron chi connectivity index (χ4n) is 1.30. The van der Waals surface area contributed by atoms with Crippen LogP contribution in [0.4, 0.5) is 5.69 Å². The molecule has 0 bridgehead atoms. The van der Waals surface area contributed by atoms with Gasteiger partial charge in [-0.15, -0.1) is 0 Å². The summed E-state index contributed by atoms with van der Waals surface area (Å²) in [4.78, 5) is 12.6. The zero-order valence-electron chi connectivity index (χ0n) is 9.32. The largest absolute Gasteiger partial charge is 0.378 e. The predicted octanol–water partition coefficient (Wildman–Crippen LogP) is 1.56. The molecule has 0 spiro atoms. The summed E-state index contributed by atoms with van der Waals surface area (Å²) in [6.45, 7) is 2.01. The number of nitrogens with zero attached hydrogens (tertiary/aromatic N) is 1. The molecule has 0 saturated heterocycles. The van der Waals surface area contributed by atoms with E-state index in [1.807, 2.05) is 38.1 Å². The third-order valence-corrected chi connectivity index (χ3v) is 2.20. The van der Waals surface area contributed by atoms with Gasteiger partial charge in [0.15, 0.2) is 0 Å². The van der Waals surface area contributed by atoms with Crippen molar-refractivity contribution in [3.8, 4) is 0 Å². The van der Waals surface area contributed by atoms with Crippen molar-refractivity contribution in [1.29, 1.82) is 0 Å². The topological polar surface area (TPSA) is 46.3 Å². The number of amides is 1. The van der Waals surface area contributed by atoms with Crippen molar-refractivity contribution in [2.24, 2.45) is 5.73 Å². The molecule has 0 aliphatic heterocycles. The van der Waals surface area contributed by atoms with Crippen LogP contribution in [0.1, 0.15) is 11.1 Å². The molecule has 0 radical (unpaired) electrons. The first-order valence-corrected chi connectivity index (χ1v) is 4.76. The average Bonchev–Trinajstić information content (AvgIpc) is 2.15. The lowest BCUT2D eigenvalue weighted by atomic mass is 10.1. The molecule has 1 rings (SSSR count). The molecule has 15 heavy (non-hydrogen) atoms. The van der Waals surface area contributed by atoms with Gasteiger partial charge < -0.3 is 10.6 Å². The number of nitrogens with two attached hydrogens (primary N) is 1. The molecule has 1 aromatic rings. The highest BCUT2D eigenvalue weighted by molar-refractivity contribution is 5.90. The quantitative estimate of drug-likeness (QED) is 0.759. The van der Waals surface area contributed by atoms with Crippen molar-refractivity contribution in [3.63, 3.8) is 0 Å². The zero-order chi connectivity index (χ0) is 11.4. The summed E-state index contributed by atoms with van der Waals surface area (Å²) in [6.07, 6.45) is 3.11. The van der Waals surface area contributed by atoms with Gasteiger partial charge in [0, 0.05) is 25.9 Å². The molecule has 0 aliphatic rings. The van der Waals surface area contributed by atoms with Crippen molar-refractivity contribution in [2.45, 2.75) is 6.92 Å². The summed E-state index contributed by atoms with van der Waals surface area (Å²) in [5.41, 5.74) is 8.31. The van der Waals surface area contributed by atoms with Crippen LogP contribution in [0.25, 0.3) is 6.08 Å². The second kappa shape index (κ2) is 4.64. The lowest BCUT2D eigenvalue weighted by molar-refractivity contribution is -0.113. The first-order chi connectivity index (χ1) is 7.00. The molecule has 1 amide bonds. The molecule has 80 valence electrons. The maximum atomic E-state index is 10.6. The van der Waals surface area contributed by atoms with Gasteiger partial charge in [-0.05, 0) is 36.3 Å². The lowest BCUT2D eigenvalue weighted by Crippen LogP contribution is -2.08. The third-order valence-electron chi connectivity index (χ3n) is 2.20. The van der Waals surface area contributed by atoms with Crippen molar-refractivity contribution in [2.75, 3.05) is 19.0 Å². The SMILES string of the molecule is Cc1cc(N(C)C)ccc1/C=C/C(N)=O. The van der Waals surface area contributed by atoms with Crippen LogP contribution in [0.3, 0.4) is 0 Å². The van der Waals surface area contributed by atoms with E-state index < -0.39 is 5.91 Å². The van der Waals surface area contributed by atoms with Gasteiger partial charge in [0.25, 0.3) is 0 Å². The van der Waals surface area contributed by atoms with E-state index >= 15 is 0 Å². The average molecular weight is 204 g/mol. The Morgan fingerprint density at radius 1 is 1.40 bits per heavy atom. The van der Waals surface area contributed by atoms with Crippen LogP contribution in [-0.4, -0.2) is 20.0 Å². The lowest BCUT2D eigenvalue weighted by Gasteiger charge is -2.13. The number of carbonyl (C=O) groups excluding carboxylic acids is 1. The first kappa shape index (κ1) is 11.3. The number of primary amides is 1. The Hall–Kier alpha value is -1.77. The van der Waals surface area contributed by atoms with E-state index in [4.69, 9.17) is 5.73 Å². The standard InChI is InChI=1S/C12H16N2O/c1-9-8-11(14(2)3)6-4-10(9)5-7-12(13)15/h4-8H,1-3H3,(H2,13,15)/b7-5+. The van der Waals surface area contributed by atoms with Crippen molar-refractivity contribution < 1.29 is 4.79 Å². The number of carbonyl (C=O) groups is 1. The van der Waals surface area contributed by atoms with Crippen LogP contribution in [0.15, 0.2) is 24.3 Å². The van der Waals surface area contributed by atoms with E-state index in [1.165, 1.54) is 6.08 Å². The molecular weight excluding hydrogens is 188 g/mol. The van der Waals surface area contributed by atoms with Gasteiger partial charge in [-0.1, -0.05) is 6.07 Å². The third kappa shape index (κ3) is 3.13. The molecule has 0 aliphatic carbocycles. The monoisotopic (exact) mass is 204 g/mol. The number of rotatable bonds is 3. The Bertz CT molecular complexity index is 395. The van der Waals surface area contributed by atoms with Crippen LogP contribution in [-0.2, 0) is 4.79 Å². The van der Waals surface area contributed by atoms with Gasteiger partial charge in [-0.2, -0.15) is 0 Å². The molecule has 0 fully saturated rings. The summed E-state index contributed by atoms with van der Waals surface area (Å²) < 4.78 is 0.